The summed E-state index contributed by atoms with van der Waals surface area (Å²) in [6, 6.07) is 8.70. The minimum Gasteiger partial charge on any atom is -0.497 e. The van der Waals surface area contributed by atoms with Crippen LogP contribution in [0.4, 0.5) is 0 Å². The Kier molecular flexibility index (Phi) is 4.34. The summed E-state index contributed by atoms with van der Waals surface area (Å²) < 4.78 is 5.28. The predicted molar refractivity (Wildman–Crippen MR) is 93.4 cm³/mol. The van der Waals surface area contributed by atoms with Crippen LogP contribution in [0.25, 0.3) is 0 Å². The molecule has 2 atom stereocenters. The monoisotopic (exact) mass is 298 g/mol. The molecule has 1 aromatic rings. The maximum atomic E-state index is 5.28. The summed E-state index contributed by atoms with van der Waals surface area (Å²) >= 11 is 0. The molecule has 1 heteroatoms. The van der Waals surface area contributed by atoms with Crippen LogP contribution in [0.2, 0.25) is 0 Å². The lowest BCUT2D eigenvalue weighted by Gasteiger charge is -2.42. The number of hydrogen-bond acceptors (Lipinski definition) is 1. The van der Waals surface area contributed by atoms with E-state index in [0.717, 1.165) is 11.7 Å². The van der Waals surface area contributed by atoms with Crippen molar-refractivity contribution in [2.24, 2.45) is 11.3 Å². The molecule has 0 aromatic heterocycles. The molecule has 0 fully saturated rings. The summed E-state index contributed by atoms with van der Waals surface area (Å²) in [4.78, 5) is 0. The Morgan fingerprint density at radius 3 is 2.55 bits per heavy atom. The third-order valence-electron chi connectivity index (χ3n) is 6.16. The fraction of sp³-hybridized carbons (Fsp3) is 0.619. The van der Waals surface area contributed by atoms with E-state index < -0.39 is 0 Å². The van der Waals surface area contributed by atoms with E-state index in [1.807, 2.05) is 0 Å². The van der Waals surface area contributed by atoms with Crippen LogP contribution in [0.3, 0.4) is 0 Å². The first-order chi connectivity index (χ1) is 10.5. The SMILES string of the molecule is COc1ccc(C(C)C2CCC3=C(C2)C(C)(C)CCC3)cc1. The van der Waals surface area contributed by atoms with Gasteiger partial charge in [-0.1, -0.05) is 44.1 Å². The van der Waals surface area contributed by atoms with Gasteiger partial charge in [0.2, 0.25) is 0 Å². The molecular weight excluding hydrogens is 268 g/mol. The Morgan fingerprint density at radius 1 is 1.14 bits per heavy atom. The summed E-state index contributed by atoms with van der Waals surface area (Å²) in [5.74, 6) is 2.39. The molecule has 0 radical (unpaired) electrons. The van der Waals surface area contributed by atoms with Gasteiger partial charge in [0.1, 0.15) is 5.75 Å². The highest BCUT2D eigenvalue weighted by molar-refractivity contribution is 5.32. The molecule has 3 rings (SSSR count). The third kappa shape index (κ3) is 2.95. The Hall–Kier alpha value is -1.24. The molecule has 0 amide bonds. The quantitative estimate of drug-likeness (QED) is 0.612. The zero-order valence-corrected chi connectivity index (χ0v) is 14.6. The third-order valence-corrected chi connectivity index (χ3v) is 6.16. The summed E-state index contributed by atoms with van der Waals surface area (Å²) in [6.45, 7) is 7.33. The van der Waals surface area contributed by atoms with Crippen LogP contribution < -0.4 is 4.74 Å². The lowest BCUT2D eigenvalue weighted by Crippen LogP contribution is -2.27. The van der Waals surface area contributed by atoms with Crippen LogP contribution in [0.15, 0.2) is 35.4 Å². The minimum absolute atomic E-state index is 0.436. The number of ether oxygens (including phenoxy) is 1. The number of hydrogen-bond donors (Lipinski definition) is 0. The van der Waals surface area contributed by atoms with Crippen LogP contribution in [0.1, 0.15) is 70.8 Å². The minimum atomic E-state index is 0.436. The van der Waals surface area contributed by atoms with Crippen molar-refractivity contribution in [1.29, 1.82) is 0 Å². The van der Waals surface area contributed by atoms with Crippen molar-refractivity contribution >= 4 is 0 Å². The molecule has 2 unspecified atom stereocenters. The van der Waals surface area contributed by atoms with Gasteiger partial charge in [0, 0.05) is 0 Å². The molecule has 0 N–H and O–H groups in total. The number of benzene rings is 1. The summed E-state index contributed by atoms with van der Waals surface area (Å²) in [6.07, 6.45) is 8.14. The van der Waals surface area contributed by atoms with Gasteiger partial charge >= 0.3 is 0 Å². The van der Waals surface area contributed by atoms with Gasteiger partial charge in [-0.05, 0) is 73.5 Å². The van der Waals surface area contributed by atoms with E-state index >= 15 is 0 Å². The molecule has 1 nitrogen and oxygen atoms in total. The van der Waals surface area contributed by atoms with Crippen molar-refractivity contribution in [1.82, 2.24) is 0 Å². The first-order valence-electron chi connectivity index (χ1n) is 8.86. The van der Waals surface area contributed by atoms with Crippen LogP contribution in [0.5, 0.6) is 5.75 Å². The molecule has 120 valence electrons. The molecule has 0 saturated heterocycles. The Morgan fingerprint density at radius 2 is 1.86 bits per heavy atom. The van der Waals surface area contributed by atoms with Gasteiger partial charge in [0.05, 0.1) is 7.11 Å². The average Bonchev–Trinajstić information content (AvgIpc) is 2.54. The smallest absolute Gasteiger partial charge is 0.118 e. The molecular formula is C21H30O. The average molecular weight is 298 g/mol. The molecule has 0 aliphatic heterocycles. The van der Waals surface area contributed by atoms with E-state index in [9.17, 15) is 0 Å². The first-order valence-corrected chi connectivity index (χ1v) is 8.86. The van der Waals surface area contributed by atoms with Crippen LogP contribution in [-0.4, -0.2) is 7.11 Å². The largest absolute Gasteiger partial charge is 0.497 e. The lowest BCUT2D eigenvalue weighted by atomic mass is 9.63. The zero-order chi connectivity index (χ0) is 15.7. The van der Waals surface area contributed by atoms with Crippen molar-refractivity contribution in [3.8, 4) is 5.75 Å². The second kappa shape index (κ2) is 6.10. The van der Waals surface area contributed by atoms with Gasteiger partial charge in [0.15, 0.2) is 0 Å². The highest BCUT2D eigenvalue weighted by Gasteiger charge is 2.35. The number of rotatable bonds is 3. The van der Waals surface area contributed by atoms with Crippen LogP contribution in [0, 0.1) is 11.3 Å². The Balaban J connectivity index is 1.77. The fourth-order valence-electron chi connectivity index (χ4n) is 4.55. The van der Waals surface area contributed by atoms with Gasteiger partial charge in [-0.3, -0.25) is 0 Å². The van der Waals surface area contributed by atoms with Gasteiger partial charge < -0.3 is 4.74 Å². The Bertz CT molecular complexity index is 550. The number of allylic oxidation sites excluding steroid dienone is 2. The summed E-state index contributed by atoms with van der Waals surface area (Å²) in [7, 11) is 1.73. The van der Waals surface area contributed by atoms with Gasteiger partial charge in [-0.15, -0.1) is 0 Å². The van der Waals surface area contributed by atoms with E-state index in [2.05, 4.69) is 45.0 Å². The predicted octanol–water partition coefficient (Wildman–Crippen LogP) is 6.11. The molecule has 0 saturated carbocycles. The maximum Gasteiger partial charge on any atom is 0.118 e. The van der Waals surface area contributed by atoms with E-state index in [1.54, 1.807) is 18.3 Å². The van der Waals surface area contributed by atoms with Gasteiger partial charge in [0.25, 0.3) is 0 Å². The van der Waals surface area contributed by atoms with Crippen molar-refractivity contribution in [3.63, 3.8) is 0 Å². The van der Waals surface area contributed by atoms with Crippen molar-refractivity contribution in [3.05, 3.63) is 41.0 Å². The standard InChI is InChI=1S/C21H30O/c1-15(16-9-11-19(22-4)12-10-16)18-8-7-17-6-5-13-21(2,3)20(17)14-18/h9-12,15,18H,5-8,13-14H2,1-4H3. The molecule has 2 aliphatic rings. The van der Waals surface area contributed by atoms with E-state index in [1.165, 1.54) is 44.1 Å². The molecule has 0 spiro atoms. The molecule has 0 bridgehead atoms. The van der Waals surface area contributed by atoms with Crippen molar-refractivity contribution in [2.45, 2.75) is 65.2 Å². The zero-order valence-electron chi connectivity index (χ0n) is 14.6. The molecule has 2 aliphatic carbocycles. The van der Waals surface area contributed by atoms with Crippen LogP contribution >= 0.6 is 0 Å². The molecule has 1 aromatic carbocycles. The van der Waals surface area contributed by atoms with E-state index in [4.69, 9.17) is 4.74 Å². The lowest BCUT2D eigenvalue weighted by molar-refractivity contribution is 0.287. The normalized spacial score (nSPS) is 25.5. The van der Waals surface area contributed by atoms with E-state index in [-0.39, 0.29) is 0 Å². The number of methoxy groups -OCH3 is 1. The fourth-order valence-corrected chi connectivity index (χ4v) is 4.55. The highest BCUT2D eigenvalue weighted by atomic mass is 16.5. The van der Waals surface area contributed by atoms with Crippen molar-refractivity contribution < 1.29 is 4.74 Å². The van der Waals surface area contributed by atoms with Gasteiger partial charge in [-0.2, -0.15) is 0 Å². The second-order valence-corrected chi connectivity index (χ2v) is 7.88. The Labute approximate surface area is 135 Å². The molecule has 0 heterocycles. The van der Waals surface area contributed by atoms with Gasteiger partial charge in [-0.25, -0.2) is 0 Å². The summed E-state index contributed by atoms with van der Waals surface area (Å²) in [5, 5.41) is 0. The maximum absolute atomic E-state index is 5.28. The van der Waals surface area contributed by atoms with Crippen molar-refractivity contribution in [2.75, 3.05) is 7.11 Å². The summed E-state index contributed by atoms with van der Waals surface area (Å²) in [5.41, 5.74) is 5.50. The topological polar surface area (TPSA) is 9.23 Å². The highest BCUT2D eigenvalue weighted by Crippen LogP contribution is 2.50. The second-order valence-electron chi connectivity index (χ2n) is 7.88. The van der Waals surface area contributed by atoms with Crippen LogP contribution in [-0.2, 0) is 0 Å². The molecule has 22 heavy (non-hydrogen) atoms. The van der Waals surface area contributed by atoms with E-state index in [0.29, 0.717) is 11.3 Å². The first kappa shape index (κ1) is 15.6.